The standard InChI is InChI=1S/C17H21NO/c1-2-16(19)18-13-10-14-8-4-5-9-15(14)17(18)11-6-3-7-12-17/h2,4-5,8-9H,1,3,6-7,10-13H2/i10D. The first-order chi connectivity index (χ1) is 9.69. The fourth-order valence-electron chi connectivity index (χ4n) is 3.70. The van der Waals surface area contributed by atoms with E-state index in [1.165, 1.54) is 18.1 Å². The van der Waals surface area contributed by atoms with E-state index in [1.54, 1.807) is 0 Å². The van der Waals surface area contributed by atoms with Crippen molar-refractivity contribution in [3.05, 3.63) is 48.0 Å². The number of hydrogen-bond acceptors (Lipinski definition) is 1. The van der Waals surface area contributed by atoms with Crippen molar-refractivity contribution in [1.29, 1.82) is 0 Å². The highest BCUT2D eigenvalue weighted by Gasteiger charge is 2.44. The van der Waals surface area contributed by atoms with Crippen LogP contribution in [0.4, 0.5) is 0 Å². The molecule has 0 N–H and O–H groups in total. The van der Waals surface area contributed by atoms with Crippen molar-refractivity contribution >= 4 is 5.91 Å². The fourth-order valence-corrected chi connectivity index (χ4v) is 3.70. The predicted octanol–water partition coefficient (Wildman–Crippen LogP) is 3.42. The Morgan fingerprint density at radius 3 is 2.79 bits per heavy atom. The molecule has 2 nitrogen and oxygen atoms in total. The Kier molecular flexibility index (Phi) is 2.87. The summed E-state index contributed by atoms with van der Waals surface area (Å²) >= 11 is 0. The summed E-state index contributed by atoms with van der Waals surface area (Å²) in [5, 5.41) is 0. The first-order valence-corrected chi connectivity index (χ1v) is 7.15. The number of fused-ring (bicyclic) bond motifs is 2. The van der Waals surface area contributed by atoms with E-state index in [0.717, 1.165) is 31.2 Å². The van der Waals surface area contributed by atoms with Crippen molar-refractivity contribution in [2.75, 3.05) is 6.54 Å². The summed E-state index contributed by atoms with van der Waals surface area (Å²) in [6, 6.07) is 8.20. The first kappa shape index (κ1) is 11.3. The summed E-state index contributed by atoms with van der Waals surface area (Å²) in [7, 11) is 0. The molecule has 0 aromatic heterocycles. The van der Waals surface area contributed by atoms with Gasteiger partial charge in [0.2, 0.25) is 5.91 Å². The molecule has 1 unspecified atom stereocenters. The molecule has 1 atom stereocenters. The lowest BCUT2D eigenvalue weighted by molar-refractivity contribution is -0.135. The normalized spacial score (nSPS) is 25.6. The number of hydrogen-bond donors (Lipinski definition) is 0. The van der Waals surface area contributed by atoms with Gasteiger partial charge >= 0.3 is 0 Å². The van der Waals surface area contributed by atoms with Gasteiger partial charge in [-0.05, 0) is 36.4 Å². The van der Waals surface area contributed by atoms with Gasteiger partial charge in [0, 0.05) is 7.92 Å². The topological polar surface area (TPSA) is 20.3 Å². The van der Waals surface area contributed by atoms with Crippen LogP contribution >= 0.6 is 0 Å². The Hall–Kier alpha value is -1.57. The second kappa shape index (κ2) is 4.84. The molecule has 1 aliphatic heterocycles. The van der Waals surface area contributed by atoms with Crippen molar-refractivity contribution in [2.45, 2.75) is 44.0 Å². The number of carbonyl (C=O) groups excluding carboxylic acids is 1. The van der Waals surface area contributed by atoms with Gasteiger partial charge in [-0.15, -0.1) is 0 Å². The summed E-state index contributed by atoms with van der Waals surface area (Å²) in [4.78, 5) is 14.2. The molecule has 1 heterocycles. The number of amides is 1. The van der Waals surface area contributed by atoms with E-state index >= 15 is 0 Å². The first-order valence-electron chi connectivity index (χ1n) is 7.72. The summed E-state index contributed by atoms with van der Waals surface area (Å²) in [6.45, 7) is 4.13. The van der Waals surface area contributed by atoms with Gasteiger partial charge in [0.1, 0.15) is 0 Å². The van der Waals surface area contributed by atoms with E-state index in [-0.39, 0.29) is 17.8 Å². The minimum atomic E-state index is -0.345. The van der Waals surface area contributed by atoms with Crippen molar-refractivity contribution < 1.29 is 6.17 Å². The Morgan fingerprint density at radius 1 is 1.32 bits per heavy atom. The molecule has 0 radical (unpaired) electrons. The zero-order valence-corrected chi connectivity index (χ0v) is 11.3. The van der Waals surface area contributed by atoms with E-state index in [1.807, 2.05) is 17.0 Å². The van der Waals surface area contributed by atoms with E-state index in [0.29, 0.717) is 6.54 Å². The van der Waals surface area contributed by atoms with Gasteiger partial charge in [0.25, 0.3) is 0 Å². The largest absolute Gasteiger partial charge is 0.329 e. The quantitative estimate of drug-likeness (QED) is 0.705. The van der Waals surface area contributed by atoms with E-state index < -0.39 is 0 Å². The summed E-state index contributed by atoms with van der Waals surface area (Å²) in [5.41, 5.74) is 2.10. The predicted molar refractivity (Wildman–Crippen MR) is 76.8 cm³/mol. The molecule has 100 valence electrons. The van der Waals surface area contributed by atoms with E-state index in [4.69, 9.17) is 1.37 Å². The second-order valence-corrected chi connectivity index (χ2v) is 5.54. The van der Waals surface area contributed by atoms with Gasteiger partial charge in [0.05, 0.1) is 5.54 Å². The molecule has 2 aliphatic rings. The molecule has 1 aromatic rings. The van der Waals surface area contributed by atoms with Crippen LogP contribution in [0.1, 0.15) is 44.6 Å². The zero-order chi connectivity index (χ0) is 14.2. The lowest BCUT2D eigenvalue weighted by Gasteiger charge is -2.50. The summed E-state index contributed by atoms with van der Waals surface area (Å²) < 4.78 is 8.33. The van der Waals surface area contributed by atoms with Crippen LogP contribution in [0.5, 0.6) is 0 Å². The molecule has 1 fully saturated rings. The highest BCUT2D eigenvalue weighted by molar-refractivity contribution is 5.88. The third-order valence-corrected chi connectivity index (χ3v) is 4.59. The molecule has 2 heteroatoms. The van der Waals surface area contributed by atoms with E-state index in [2.05, 4.69) is 18.7 Å². The Balaban J connectivity index is 2.14. The number of rotatable bonds is 1. The molecule has 3 rings (SSSR count). The summed E-state index contributed by atoms with van der Waals surface area (Å²) in [6.07, 6.45) is 6.62. The Morgan fingerprint density at radius 2 is 2.05 bits per heavy atom. The Bertz CT molecular complexity index is 534. The molecule has 1 saturated carbocycles. The average Bonchev–Trinajstić information content (AvgIpc) is 2.51. The van der Waals surface area contributed by atoms with Crippen LogP contribution in [-0.4, -0.2) is 17.4 Å². The number of carbonyl (C=O) groups is 1. The third kappa shape index (κ3) is 1.90. The smallest absolute Gasteiger partial charge is 0.246 e. The van der Waals surface area contributed by atoms with Crippen molar-refractivity contribution in [1.82, 2.24) is 4.90 Å². The van der Waals surface area contributed by atoms with Crippen LogP contribution in [0.3, 0.4) is 0 Å². The highest BCUT2D eigenvalue weighted by atomic mass is 16.2. The monoisotopic (exact) mass is 256 g/mol. The zero-order valence-electron chi connectivity index (χ0n) is 12.3. The van der Waals surface area contributed by atoms with Gasteiger partial charge in [-0.3, -0.25) is 4.79 Å². The molecule has 0 saturated heterocycles. The maximum absolute atomic E-state index is 12.3. The maximum atomic E-state index is 12.3. The minimum Gasteiger partial charge on any atom is -0.329 e. The molecule has 19 heavy (non-hydrogen) atoms. The molecular weight excluding hydrogens is 234 g/mol. The van der Waals surface area contributed by atoms with Crippen LogP contribution in [0.25, 0.3) is 0 Å². The lowest BCUT2D eigenvalue weighted by atomic mass is 9.71. The Labute approximate surface area is 116 Å². The number of nitrogens with zero attached hydrogens (tertiary/aromatic N) is 1. The van der Waals surface area contributed by atoms with Gasteiger partial charge in [-0.2, -0.15) is 0 Å². The van der Waals surface area contributed by atoms with Gasteiger partial charge < -0.3 is 4.90 Å². The fraction of sp³-hybridized carbons (Fsp3) is 0.471. The molecule has 0 bridgehead atoms. The maximum Gasteiger partial charge on any atom is 0.246 e. The van der Waals surface area contributed by atoms with Crippen molar-refractivity contribution in [3.63, 3.8) is 0 Å². The molecule has 1 aromatic carbocycles. The molecule has 1 aliphatic carbocycles. The van der Waals surface area contributed by atoms with Crippen LogP contribution in [0.2, 0.25) is 0 Å². The van der Waals surface area contributed by atoms with Crippen LogP contribution in [-0.2, 0) is 16.7 Å². The van der Waals surface area contributed by atoms with Crippen molar-refractivity contribution in [3.8, 4) is 0 Å². The molecule has 1 spiro atoms. The minimum absolute atomic E-state index is 0.0290. The average molecular weight is 256 g/mol. The third-order valence-electron chi connectivity index (χ3n) is 4.59. The van der Waals surface area contributed by atoms with Gasteiger partial charge in [-0.25, -0.2) is 0 Å². The van der Waals surface area contributed by atoms with Gasteiger partial charge in [0.15, 0.2) is 0 Å². The lowest BCUT2D eigenvalue weighted by Crippen LogP contribution is -2.53. The van der Waals surface area contributed by atoms with Crippen LogP contribution in [0.15, 0.2) is 36.9 Å². The summed E-state index contributed by atoms with van der Waals surface area (Å²) in [5.74, 6) is -0.0290. The molecule has 1 amide bonds. The number of benzene rings is 1. The van der Waals surface area contributed by atoms with E-state index in [9.17, 15) is 4.79 Å². The van der Waals surface area contributed by atoms with Gasteiger partial charge in [-0.1, -0.05) is 50.1 Å². The van der Waals surface area contributed by atoms with Crippen LogP contribution in [0, 0.1) is 0 Å². The van der Waals surface area contributed by atoms with Crippen LogP contribution < -0.4 is 0 Å². The molecular formula is C17H21NO. The highest BCUT2D eigenvalue weighted by Crippen LogP contribution is 2.46. The van der Waals surface area contributed by atoms with Crippen molar-refractivity contribution in [2.24, 2.45) is 0 Å². The SMILES string of the molecule is [2H]C1CN(C(=O)C=C)C2(CCCCC2)c2ccccc21. The second-order valence-electron chi connectivity index (χ2n) is 5.54.